The van der Waals surface area contributed by atoms with Crippen LogP contribution in [0.15, 0.2) is 54.6 Å². The third-order valence-corrected chi connectivity index (χ3v) is 10.4. The fourth-order valence-corrected chi connectivity index (χ4v) is 7.73. The Morgan fingerprint density at radius 3 is 1.76 bits per heavy atom. The summed E-state index contributed by atoms with van der Waals surface area (Å²) < 4.78 is 42.3. The number of nitrogens with one attached hydrogen (secondary N) is 2. The zero-order valence-electron chi connectivity index (χ0n) is 37.5. The van der Waals surface area contributed by atoms with E-state index in [0.29, 0.717) is 18.7 Å². The molecule has 0 aliphatic rings. The molecule has 0 radical (unpaired) electrons. The lowest BCUT2D eigenvalue weighted by Crippen LogP contribution is -2.55. The highest BCUT2D eigenvalue weighted by Gasteiger charge is 2.39. The van der Waals surface area contributed by atoms with Crippen LogP contribution in [0.25, 0.3) is 0 Å². The predicted molar refractivity (Wildman–Crippen MR) is 231 cm³/mol. The first-order valence-corrected chi connectivity index (χ1v) is 22.5. The molecule has 0 unspecified atom stereocenters. The number of phosphoric ester groups is 1. The quantitative estimate of drug-likeness (QED) is 0.0562. The van der Waals surface area contributed by atoms with E-state index in [0.717, 1.165) is 44.1 Å². The number of hydrogen-bond acceptors (Lipinski definition) is 10. The molecule has 2 atom stereocenters. The molecule has 0 aliphatic carbocycles. The lowest BCUT2D eigenvalue weighted by molar-refractivity contribution is -0.155. The number of carbonyl (C=O) groups is 4. The van der Waals surface area contributed by atoms with Crippen LogP contribution in [0.1, 0.15) is 139 Å². The van der Waals surface area contributed by atoms with Crippen LogP contribution in [0, 0.1) is 0 Å². The molecule has 2 N–H and O–H groups in total. The molecule has 0 spiro atoms. The Kier molecular flexibility index (Phi) is 21.3. The van der Waals surface area contributed by atoms with Gasteiger partial charge in [0.2, 0.25) is 17.7 Å². The minimum Gasteiger partial charge on any atom is -0.460 e. The molecule has 0 aromatic heterocycles. The number of esters is 1. The second-order valence-electron chi connectivity index (χ2n) is 17.8. The van der Waals surface area contributed by atoms with E-state index in [9.17, 15) is 23.7 Å². The van der Waals surface area contributed by atoms with Gasteiger partial charge in [-0.2, -0.15) is 0 Å². The number of phosphoric acid groups is 1. The summed E-state index contributed by atoms with van der Waals surface area (Å²) in [5, 5.41) is 5.70. The summed E-state index contributed by atoms with van der Waals surface area (Å²) in [5.41, 5.74) is -0.877. The van der Waals surface area contributed by atoms with Gasteiger partial charge >= 0.3 is 13.8 Å². The molecule has 14 heteroatoms. The molecule has 332 valence electrons. The van der Waals surface area contributed by atoms with Crippen LogP contribution < -0.4 is 15.2 Å². The highest BCUT2D eigenvalue weighted by Crippen LogP contribution is 2.55. The van der Waals surface area contributed by atoms with Crippen molar-refractivity contribution in [2.24, 2.45) is 0 Å². The maximum atomic E-state index is 14.3. The first kappa shape index (κ1) is 51.4. The van der Waals surface area contributed by atoms with Crippen LogP contribution in [0.4, 0.5) is 0 Å². The minimum atomic E-state index is -4.08. The summed E-state index contributed by atoms with van der Waals surface area (Å²) in [7, 11) is -4.08. The second-order valence-corrected chi connectivity index (χ2v) is 19.3. The maximum absolute atomic E-state index is 14.3. The second kappa shape index (κ2) is 24.5. The Morgan fingerprint density at radius 2 is 1.25 bits per heavy atom. The number of unbranched alkanes of at least 4 members (excludes halogenated alkanes) is 4. The van der Waals surface area contributed by atoms with E-state index in [2.05, 4.69) is 24.5 Å². The van der Waals surface area contributed by atoms with Gasteiger partial charge in [0, 0.05) is 25.9 Å². The van der Waals surface area contributed by atoms with E-state index in [4.69, 9.17) is 23.0 Å². The smallest absolute Gasteiger partial charge is 0.460 e. The molecule has 2 rings (SSSR count). The van der Waals surface area contributed by atoms with Gasteiger partial charge in [-0.3, -0.25) is 28.2 Å². The van der Waals surface area contributed by atoms with Crippen molar-refractivity contribution in [2.45, 2.75) is 169 Å². The third-order valence-electron chi connectivity index (χ3n) is 8.39. The lowest BCUT2D eigenvalue weighted by atomic mass is 10.0. The Labute approximate surface area is 353 Å². The number of ether oxygens (including phenoxy) is 2. The monoisotopic (exact) mass is 845 g/mol. The number of rotatable bonds is 25. The molecule has 0 saturated carbocycles. The van der Waals surface area contributed by atoms with E-state index in [1.165, 1.54) is 0 Å². The fraction of sp³-hybridized carbons (Fsp3) is 0.644. The standard InChI is InChI=1S/C45H72N3O10P/c1-12-14-19-29-48(30-20-15-13-2)42(52)37(27-28-40(50)55-43(3,4)5)47-41(51)38(46-39(49)33-54-32-35-21-17-16-18-22-35)31-34-23-25-36(26-24-34)56-59(53,57-44(6,7)8)58-45(9,10)11/h16-18,21-26,37-38H,12-15,19-20,27-33H2,1-11H3,(H,46,49)(H,47,51)/t37-,38-/m0/s1. The van der Waals surface area contributed by atoms with Gasteiger partial charge in [-0.15, -0.1) is 0 Å². The van der Waals surface area contributed by atoms with E-state index >= 15 is 0 Å². The zero-order chi connectivity index (χ0) is 44.3. The fourth-order valence-electron chi connectivity index (χ4n) is 5.90. The first-order chi connectivity index (χ1) is 27.5. The van der Waals surface area contributed by atoms with Crippen molar-refractivity contribution in [3.05, 3.63) is 65.7 Å². The minimum absolute atomic E-state index is 0.0117. The Hall–Kier alpha value is -3.77. The van der Waals surface area contributed by atoms with Crippen molar-refractivity contribution in [1.82, 2.24) is 15.5 Å². The van der Waals surface area contributed by atoms with Gasteiger partial charge < -0.3 is 29.5 Å². The van der Waals surface area contributed by atoms with Crippen LogP contribution in [0.5, 0.6) is 5.75 Å². The largest absolute Gasteiger partial charge is 0.531 e. The van der Waals surface area contributed by atoms with E-state index in [-0.39, 0.29) is 44.1 Å². The molecule has 2 aromatic rings. The number of carbonyl (C=O) groups excluding carboxylic acids is 4. The summed E-state index contributed by atoms with van der Waals surface area (Å²) in [6, 6.07) is 13.7. The highest BCUT2D eigenvalue weighted by atomic mass is 31.2. The van der Waals surface area contributed by atoms with Crippen LogP contribution in [0.2, 0.25) is 0 Å². The third kappa shape index (κ3) is 22.4. The van der Waals surface area contributed by atoms with Crippen molar-refractivity contribution in [1.29, 1.82) is 0 Å². The van der Waals surface area contributed by atoms with Crippen molar-refractivity contribution in [3.63, 3.8) is 0 Å². The number of benzene rings is 2. The van der Waals surface area contributed by atoms with Gasteiger partial charge in [-0.25, -0.2) is 4.57 Å². The molecule has 2 aromatic carbocycles. The number of nitrogens with zero attached hydrogens (tertiary/aromatic N) is 1. The highest BCUT2D eigenvalue weighted by molar-refractivity contribution is 7.49. The molecule has 0 aliphatic heterocycles. The average molecular weight is 846 g/mol. The summed E-state index contributed by atoms with van der Waals surface area (Å²) in [5.74, 6) is -1.69. The SMILES string of the molecule is CCCCCN(CCCCC)C(=O)[C@H](CCC(=O)OC(C)(C)C)NC(=O)[C@H](Cc1ccc(OP(=O)(OC(C)(C)C)OC(C)(C)C)cc1)NC(=O)COCc1ccccc1. The van der Waals surface area contributed by atoms with Gasteiger partial charge in [0.1, 0.15) is 30.0 Å². The topological polar surface area (TPSA) is 159 Å². The lowest BCUT2D eigenvalue weighted by Gasteiger charge is -2.30. The van der Waals surface area contributed by atoms with E-state index in [1.807, 2.05) is 30.3 Å². The number of hydrogen-bond donors (Lipinski definition) is 2. The molecule has 0 heterocycles. The molecular formula is C45H72N3O10P. The normalized spacial score (nSPS) is 13.3. The predicted octanol–water partition coefficient (Wildman–Crippen LogP) is 8.86. The molecule has 3 amide bonds. The van der Waals surface area contributed by atoms with Gasteiger partial charge in [-0.1, -0.05) is 82.0 Å². The van der Waals surface area contributed by atoms with Gasteiger partial charge in [0.15, 0.2) is 0 Å². The van der Waals surface area contributed by atoms with Gasteiger partial charge in [0.25, 0.3) is 0 Å². The van der Waals surface area contributed by atoms with Crippen LogP contribution in [-0.2, 0) is 55.3 Å². The van der Waals surface area contributed by atoms with E-state index in [1.54, 1.807) is 91.5 Å². The Balaban J connectivity index is 2.42. The Bertz CT molecular complexity index is 1600. The molecule has 13 nitrogen and oxygen atoms in total. The van der Waals surface area contributed by atoms with Crippen molar-refractivity contribution in [2.75, 3.05) is 19.7 Å². The van der Waals surface area contributed by atoms with Crippen molar-refractivity contribution >= 4 is 31.5 Å². The van der Waals surface area contributed by atoms with Crippen LogP contribution in [0.3, 0.4) is 0 Å². The summed E-state index contributed by atoms with van der Waals surface area (Å²) >= 11 is 0. The summed E-state index contributed by atoms with van der Waals surface area (Å²) in [4.78, 5) is 56.5. The average Bonchev–Trinajstić information content (AvgIpc) is 3.11. The van der Waals surface area contributed by atoms with Crippen molar-refractivity contribution in [3.8, 4) is 5.75 Å². The Morgan fingerprint density at radius 1 is 0.695 bits per heavy atom. The maximum Gasteiger partial charge on any atom is 0.531 e. The number of amides is 3. The van der Waals surface area contributed by atoms with E-state index < -0.39 is 54.5 Å². The summed E-state index contributed by atoms with van der Waals surface area (Å²) in [6.07, 6.45) is 5.41. The zero-order valence-corrected chi connectivity index (χ0v) is 38.4. The summed E-state index contributed by atoms with van der Waals surface area (Å²) in [6.45, 7) is 20.9. The molecule has 59 heavy (non-hydrogen) atoms. The van der Waals surface area contributed by atoms with Gasteiger partial charge in [0.05, 0.1) is 17.8 Å². The van der Waals surface area contributed by atoms with Crippen LogP contribution >= 0.6 is 7.82 Å². The first-order valence-electron chi connectivity index (χ1n) is 21.0. The molecule has 0 saturated heterocycles. The molecule has 0 bridgehead atoms. The van der Waals surface area contributed by atoms with Crippen molar-refractivity contribution < 1.29 is 46.8 Å². The van der Waals surface area contributed by atoms with Gasteiger partial charge in [-0.05, 0) is 105 Å². The molecular weight excluding hydrogens is 773 g/mol. The van der Waals surface area contributed by atoms with Crippen LogP contribution in [-0.4, -0.2) is 77.2 Å². The molecule has 0 fully saturated rings.